The van der Waals surface area contributed by atoms with Crippen molar-refractivity contribution in [3.63, 3.8) is 0 Å². The Bertz CT molecular complexity index is 772. The molecule has 0 spiro atoms. The van der Waals surface area contributed by atoms with Crippen molar-refractivity contribution in [2.75, 3.05) is 27.2 Å². The summed E-state index contributed by atoms with van der Waals surface area (Å²) in [5.74, 6) is 2.13. The van der Waals surface area contributed by atoms with Gasteiger partial charge in [-0.1, -0.05) is 13.0 Å². The van der Waals surface area contributed by atoms with E-state index in [1.807, 2.05) is 6.07 Å². The van der Waals surface area contributed by atoms with Crippen LogP contribution in [0.4, 0.5) is 0 Å². The van der Waals surface area contributed by atoms with Gasteiger partial charge in [-0.25, -0.2) is 0 Å². The molecule has 1 aliphatic heterocycles. The molecular formula is C26H40N2O. The van der Waals surface area contributed by atoms with Gasteiger partial charge in [0.25, 0.3) is 0 Å². The third-order valence-corrected chi connectivity index (χ3v) is 9.72. The highest BCUT2D eigenvalue weighted by Gasteiger charge is 2.69. The van der Waals surface area contributed by atoms with E-state index in [-0.39, 0.29) is 5.41 Å². The normalized spacial score (nSPS) is 39.7. The standard InChI is InChI=1S/C26H40N2O/c1-5-20-8-9-21(29)16-23(20)26-14-15-28(17-19-6-7-19)18(2)25(26)12-10-22(26)24(11-13-25)27(3)4/h8-9,16,18-19,22,24,29H,5-7,10-15,17H2,1-4H3. The predicted octanol–water partition coefficient (Wildman–Crippen LogP) is 4.82. The van der Waals surface area contributed by atoms with E-state index >= 15 is 0 Å². The maximum Gasteiger partial charge on any atom is 0.115 e. The van der Waals surface area contributed by atoms with Crippen LogP contribution in [0.3, 0.4) is 0 Å². The third-order valence-electron chi connectivity index (χ3n) is 9.72. The van der Waals surface area contributed by atoms with Gasteiger partial charge in [0.15, 0.2) is 0 Å². The van der Waals surface area contributed by atoms with Gasteiger partial charge in [0, 0.05) is 24.0 Å². The minimum absolute atomic E-state index is 0.226. The van der Waals surface area contributed by atoms with Crippen LogP contribution in [0, 0.1) is 17.3 Å². The van der Waals surface area contributed by atoms with Crippen molar-refractivity contribution in [2.24, 2.45) is 17.3 Å². The minimum atomic E-state index is 0.226. The Morgan fingerprint density at radius 2 is 1.86 bits per heavy atom. The van der Waals surface area contributed by atoms with Gasteiger partial charge >= 0.3 is 0 Å². The van der Waals surface area contributed by atoms with Crippen LogP contribution < -0.4 is 0 Å². The summed E-state index contributed by atoms with van der Waals surface area (Å²) in [6.45, 7) is 7.40. The first-order valence-electron chi connectivity index (χ1n) is 12.2. The van der Waals surface area contributed by atoms with Gasteiger partial charge in [0.05, 0.1) is 0 Å². The second-order valence-electron chi connectivity index (χ2n) is 10.9. The lowest BCUT2D eigenvalue weighted by Crippen LogP contribution is -2.66. The topological polar surface area (TPSA) is 26.7 Å². The number of aromatic hydroxyl groups is 1. The van der Waals surface area contributed by atoms with Gasteiger partial charge in [0.1, 0.15) is 5.75 Å². The van der Waals surface area contributed by atoms with Gasteiger partial charge in [-0.15, -0.1) is 0 Å². The summed E-state index contributed by atoms with van der Waals surface area (Å²) in [5, 5.41) is 10.5. The number of piperidine rings is 1. The molecule has 0 amide bonds. The molecule has 29 heavy (non-hydrogen) atoms. The number of benzene rings is 1. The van der Waals surface area contributed by atoms with Crippen molar-refractivity contribution in [1.29, 1.82) is 0 Å². The molecule has 2 bridgehead atoms. The number of phenols is 1. The van der Waals surface area contributed by atoms with E-state index < -0.39 is 0 Å². The molecule has 1 saturated heterocycles. The smallest absolute Gasteiger partial charge is 0.115 e. The Hall–Kier alpha value is -1.06. The van der Waals surface area contributed by atoms with Crippen LogP contribution in [0.25, 0.3) is 0 Å². The first-order valence-corrected chi connectivity index (χ1v) is 12.2. The van der Waals surface area contributed by atoms with E-state index in [0.29, 0.717) is 29.2 Å². The molecule has 4 aliphatic rings. The lowest BCUT2D eigenvalue weighted by atomic mass is 9.46. The molecular weight excluding hydrogens is 356 g/mol. The maximum absolute atomic E-state index is 10.5. The second kappa shape index (κ2) is 6.99. The van der Waals surface area contributed by atoms with E-state index in [4.69, 9.17) is 0 Å². The van der Waals surface area contributed by atoms with Gasteiger partial charge in [-0.05, 0) is 119 Å². The first-order chi connectivity index (χ1) is 13.9. The summed E-state index contributed by atoms with van der Waals surface area (Å²) in [5.41, 5.74) is 3.58. The highest BCUT2D eigenvalue weighted by Crippen LogP contribution is 2.70. The van der Waals surface area contributed by atoms with E-state index in [1.54, 1.807) is 0 Å². The van der Waals surface area contributed by atoms with E-state index in [2.05, 4.69) is 49.9 Å². The zero-order chi connectivity index (χ0) is 20.4. The molecule has 0 aromatic heterocycles. The largest absolute Gasteiger partial charge is 0.508 e. The predicted molar refractivity (Wildman–Crippen MR) is 119 cm³/mol. The number of phenolic OH excluding ortho intramolecular Hbond substituents is 1. The Morgan fingerprint density at radius 3 is 2.55 bits per heavy atom. The molecule has 1 heterocycles. The molecule has 3 aliphatic carbocycles. The lowest BCUT2D eigenvalue weighted by molar-refractivity contribution is -0.0903. The fraction of sp³-hybridized carbons (Fsp3) is 0.769. The minimum Gasteiger partial charge on any atom is -0.508 e. The number of nitrogens with zero attached hydrogens (tertiary/aromatic N) is 2. The summed E-state index contributed by atoms with van der Waals surface area (Å²) in [7, 11) is 4.58. The molecule has 5 atom stereocenters. The number of hydrogen-bond donors (Lipinski definition) is 1. The summed E-state index contributed by atoms with van der Waals surface area (Å²) in [6, 6.07) is 7.61. The number of rotatable bonds is 5. The zero-order valence-corrected chi connectivity index (χ0v) is 19.0. The van der Waals surface area contributed by atoms with Crippen molar-refractivity contribution in [3.8, 4) is 5.75 Å². The van der Waals surface area contributed by atoms with Crippen molar-refractivity contribution in [2.45, 2.75) is 82.7 Å². The quantitative estimate of drug-likeness (QED) is 0.773. The van der Waals surface area contributed by atoms with Crippen molar-refractivity contribution >= 4 is 0 Å². The second-order valence-corrected chi connectivity index (χ2v) is 10.9. The van der Waals surface area contributed by atoms with Gasteiger partial charge in [-0.2, -0.15) is 0 Å². The van der Waals surface area contributed by atoms with Gasteiger partial charge in [0.2, 0.25) is 0 Å². The summed E-state index contributed by atoms with van der Waals surface area (Å²) in [4.78, 5) is 5.38. The Kier molecular flexibility index (Phi) is 4.79. The fourth-order valence-electron chi connectivity index (χ4n) is 8.21. The molecule has 160 valence electrons. The highest BCUT2D eigenvalue weighted by atomic mass is 16.3. The fourth-order valence-corrected chi connectivity index (χ4v) is 8.21. The first kappa shape index (κ1) is 19.9. The molecule has 1 aromatic rings. The summed E-state index contributed by atoms with van der Waals surface area (Å²) in [6.07, 6.45) is 10.6. The monoisotopic (exact) mass is 396 g/mol. The van der Waals surface area contributed by atoms with E-state index in [1.165, 1.54) is 69.2 Å². The lowest BCUT2D eigenvalue weighted by Gasteiger charge is -2.64. The molecule has 3 saturated carbocycles. The van der Waals surface area contributed by atoms with Gasteiger partial charge in [-0.3, -0.25) is 4.90 Å². The van der Waals surface area contributed by atoms with Crippen molar-refractivity contribution < 1.29 is 5.11 Å². The van der Waals surface area contributed by atoms with Gasteiger partial charge < -0.3 is 10.0 Å². The van der Waals surface area contributed by atoms with Crippen molar-refractivity contribution in [3.05, 3.63) is 29.3 Å². The van der Waals surface area contributed by atoms with Crippen LogP contribution >= 0.6 is 0 Å². The van der Waals surface area contributed by atoms with Crippen LogP contribution in [-0.2, 0) is 11.8 Å². The molecule has 0 radical (unpaired) electrons. The zero-order valence-electron chi connectivity index (χ0n) is 19.0. The van der Waals surface area contributed by atoms with Crippen LogP contribution in [-0.4, -0.2) is 54.2 Å². The Morgan fingerprint density at radius 1 is 1.10 bits per heavy atom. The third kappa shape index (κ3) is 2.76. The van der Waals surface area contributed by atoms with Crippen LogP contribution in [0.1, 0.15) is 69.9 Å². The number of likely N-dealkylation sites (tertiary alicyclic amines) is 1. The summed E-state index contributed by atoms with van der Waals surface area (Å²) >= 11 is 0. The molecule has 5 unspecified atom stereocenters. The van der Waals surface area contributed by atoms with Crippen molar-refractivity contribution in [1.82, 2.24) is 9.80 Å². The number of hydrogen-bond acceptors (Lipinski definition) is 3. The molecule has 1 aromatic carbocycles. The van der Waals surface area contributed by atoms with Crippen LogP contribution in [0.15, 0.2) is 18.2 Å². The van der Waals surface area contributed by atoms with E-state index in [9.17, 15) is 5.11 Å². The molecule has 4 fully saturated rings. The van der Waals surface area contributed by atoms with Crippen LogP contribution in [0.5, 0.6) is 5.75 Å². The van der Waals surface area contributed by atoms with E-state index in [0.717, 1.165) is 12.3 Å². The molecule has 1 N–H and O–H groups in total. The average molecular weight is 397 g/mol. The molecule has 5 rings (SSSR count). The maximum atomic E-state index is 10.5. The Balaban J connectivity index is 1.65. The molecule has 3 heteroatoms. The SMILES string of the molecule is CCc1ccc(O)cc1C12CCN(CC3CC3)C(C)C13CCC(N(C)C)C2CC3. The molecule has 3 nitrogen and oxygen atoms in total. The Labute approximate surface area is 177 Å². The number of aryl methyl sites for hydroxylation is 1. The van der Waals surface area contributed by atoms with Crippen LogP contribution in [0.2, 0.25) is 0 Å². The average Bonchev–Trinajstić information content (AvgIpc) is 3.49. The highest BCUT2D eigenvalue weighted by molar-refractivity contribution is 5.46. The summed E-state index contributed by atoms with van der Waals surface area (Å²) < 4.78 is 0.